The van der Waals surface area contributed by atoms with Crippen LogP contribution in [0.1, 0.15) is 39.7 Å². The van der Waals surface area contributed by atoms with Crippen LogP contribution in [0.5, 0.6) is 0 Å². The van der Waals surface area contributed by atoms with Crippen molar-refractivity contribution in [1.29, 1.82) is 0 Å². The highest BCUT2D eigenvalue weighted by Crippen LogP contribution is 2.37. The first-order chi connectivity index (χ1) is 9.26. The Balaban J connectivity index is 2.44. The molecule has 0 heterocycles. The fourth-order valence-electron chi connectivity index (χ4n) is 1.71. The Morgan fingerprint density at radius 3 is 2.20 bits per heavy atom. The highest BCUT2D eigenvalue weighted by molar-refractivity contribution is 6.74. The first kappa shape index (κ1) is 17.4. The molecule has 0 spiro atoms. The molecule has 0 amide bonds. The van der Waals surface area contributed by atoms with Gasteiger partial charge in [-0.2, -0.15) is 0 Å². The molecule has 0 aliphatic carbocycles. The third-order valence-electron chi connectivity index (χ3n) is 4.14. The van der Waals surface area contributed by atoms with Crippen molar-refractivity contribution in [3.05, 3.63) is 35.9 Å². The summed E-state index contributed by atoms with van der Waals surface area (Å²) in [5, 5.41) is 0.250. The zero-order valence-electron chi connectivity index (χ0n) is 13.9. The molecule has 1 aromatic rings. The fourth-order valence-corrected chi connectivity index (χ4v) is 3.13. The second-order valence-electron chi connectivity index (χ2n) is 6.91. The van der Waals surface area contributed by atoms with Gasteiger partial charge in [-0.25, -0.2) is 0 Å². The minimum absolute atomic E-state index is 0.208. The lowest BCUT2D eigenvalue weighted by Crippen LogP contribution is -2.44. The van der Waals surface area contributed by atoms with Crippen LogP contribution in [0, 0.1) is 0 Å². The van der Waals surface area contributed by atoms with Crippen molar-refractivity contribution in [2.24, 2.45) is 0 Å². The van der Waals surface area contributed by atoms with Gasteiger partial charge in [-0.3, -0.25) is 0 Å². The second-order valence-corrected chi connectivity index (χ2v) is 11.7. The van der Waals surface area contributed by atoms with E-state index in [2.05, 4.69) is 52.9 Å². The van der Waals surface area contributed by atoms with Crippen LogP contribution in [0.2, 0.25) is 18.1 Å². The smallest absolute Gasteiger partial charge is 0.192 e. The number of benzene rings is 1. The summed E-state index contributed by atoms with van der Waals surface area (Å²) < 4.78 is 12.2. The van der Waals surface area contributed by atoms with E-state index in [-0.39, 0.29) is 11.1 Å². The van der Waals surface area contributed by atoms with Gasteiger partial charge in [0.25, 0.3) is 0 Å². The molecule has 0 aliphatic rings. The third-order valence-corrected chi connectivity index (χ3v) is 8.67. The Morgan fingerprint density at radius 2 is 1.70 bits per heavy atom. The lowest BCUT2D eigenvalue weighted by atomic mass is 10.2. The van der Waals surface area contributed by atoms with Gasteiger partial charge in [-0.15, -0.1) is 0 Å². The number of rotatable bonds is 7. The van der Waals surface area contributed by atoms with E-state index < -0.39 is 8.32 Å². The minimum Gasteiger partial charge on any atom is -0.412 e. The molecule has 0 fully saturated rings. The standard InChI is InChI=1S/C17H30O2Si/c1-7-16(19-20(5,6)17(2,3)4)14-18-13-15-11-9-8-10-12-15/h8-12,16H,7,13-14H2,1-6H3/t16-/m0/s1. The van der Waals surface area contributed by atoms with E-state index in [1.165, 1.54) is 5.56 Å². The van der Waals surface area contributed by atoms with Crippen LogP contribution in [0.4, 0.5) is 0 Å². The molecule has 0 radical (unpaired) electrons. The van der Waals surface area contributed by atoms with Gasteiger partial charge in [0.2, 0.25) is 0 Å². The molecule has 0 saturated heterocycles. The lowest BCUT2D eigenvalue weighted by molar-refractivity contribution is 0.0328. The molecule has 114 valence electrons. The van der Waals surface area contributed by atoms with Crippen LogP contribution in [-0.2, 0) is 15.8 Å². The average Bonchev–Trinajstić information content (AvgIpc) is 2.37. The number of ether oxygens (including phenoxy) is 1. The topological polar surface area (TPSA) is 18.5 Å². The van der Waals surface area contributed by atoms with Crippen LogP contribution in [0.15, 0.2) is 30.3 Å². The summed E-state index contributed by atoms with van der Waals surface area (Å²) >= 11 is 0. The van der Waals surface area contributed by atoms with Crippen LogP contribution >= 0.6 is 0 Å². The van der Waals surface area contributed by atoms with Crippen LogP contribution in [0.3, 0.4) is 0 Å². The largest absolute Gasteiger partial charge is 0.412 e. The Hall–Kier alpha value is -0.643. The van der Waals surface area contributed by atoms with Crippen LogP contribution in [-0.4, -0.2) is 21.0 Å². The average molecular weight is 295 g/mol. The van der Waals surface area contributed by atoms with Crippen molar-refractivity contribution in [2.75, 3.05) is 6.61 Å². The Labute approximate surface area is 125 Å². The van der Waals surface area contributed by atoms with E-state index in [9.17, 15) is 0 Å². The predicted octanol–water partition coefficient (Wildman–Crippen LogP) is 5.00. The van der Waals surface area contributed by atoms with Crippen molar-refractivity contribution < 1.29 is 9.16 Å². The molecular weight excluding hydrogens is 264 g/mol. The maximum absolute atomic E-state index is 6.40. The Bertz CT molecular complexity index is 382. The highest BCUT2D eigenvalue weighted by Gasteiger charge is 2.38. The molecule has 0 aromatic heterocycles. The maximum Gasteiger partial charge on any atom is 0.192 e. The molecular formula is C17H30O2Si. The number of hydrogen-bond acceptors (Lipinski definition) is 2. The zero-order chi connectivity index (χ0) is 15.2. The molecule has 0 saturated carbocycles. The Kier molecular flexibility index (Phi) is 6.43. The van der Waals surface area contributed by atoms with E-state index in [1.807, 2.05) is 18.2 Å². The quantitative estimate of drug-likeness (QED) is 0.659. The van der Waals surface area contributed by atoms with Gasteiger partial charge in [-0.1, -0.05) is 58.0 Å². The summed E-state index contributed by atoms with van der Waals surface area (Å²) in [6.07, 6.45) is 1.21. The lowest BCUT2D eigenvalue weighted by Gasteiger charge is -2.39. The van der Waals surface area contributed by atoms with Crippen LogP contribution < -0.4 is 0 Å². The molecule has 0 unspecified atom stereocenters. The first-order valence-corrected chi connectivity index (χ1v) is 10.5. The van der Waals surface area contributed by atoms with Crippen molar-refractivity contribution in [1.82, 2.24) is 0 Å². The van der Waals surface area contributed by atoms with Gasteiger partial charge in [0, 0.05) is 0 Å². The van der Waals surface area contributed by atoms with Gasteiger partial charge in [-0.05, 0) is 30.1 Å². The van der Waals surface area contributed by atoms with E-state index in [0.29, 0.717) is 13.2 Å². The monoisotopic (exact) mass is 294 g/mol. The van der Waals surface area contributed by atoms with Crippen molar-refractivity contribution in [2.45, 2.75) is 65.0 Å². The van der Waals surface area contributed by atoms with Crippen molar-refractivity contribution in [3.63, 3.8) is 0 Å². The molecule has 2 nitrogen and oxygen atoms in total. The van der Waals surface area contributed by atoms with Gasteiger partial charge >= 0.3 is 0 Å². The molecule has 0 aliphatic heterocycles. The van der Waals surface area contributed by atoms with E-state index in [4.69, 9.17) is 9.16 Å². The summed E-state index contributed by atoms with van der Waals surface area (Å²) in [6.45, 7) is 14.9. The van der Waals surface area contributed by atoms with E-state index in [1.54, 1.807) is 0 Å². The normalized spacial score (nSPS) is 14.3. The fraction of sp³-hybridized carbons (Fsp3) is 0.647. The predicted molar refractivity (Wildman–Crippen MR) is 88.5 cm³/mol. The van der Waals surface area contributed by atoms with Crippen molar-refractivity contribution >= 4 is 8.32 Å². The molecule has 3 heteroatoms. The SMILES string of the molecule is CC[C@@H](COCc1ccccc1)O[Si](C)(C)C(C)(C)C. The third kappa shape index (κ3) is 5.39. The van der Waals surface area contributed by atoms with Gasteiger partial charge in [0.05, 0.1) is 19.3 Å². The minimum atomic E-state index is -1.70. The maximum atomic E-state index is 6.40. The van der Waals surface area contributed by atoms with Crippen molar-refractivity contribution in [3.8, 4) is 0 Å². The van der Waals surface area contributed by atoms with E-state index >= 15 is 0 Å². The zero-order valence-corrected chi connectivity index (χ0v) is 14.9. The molecule has 1 rings (SSSR count). The summed E-state index contributed by atoms with van der Waals surface area (Å²) in [5.74, 6) is 0. The molecule has 1 atom stereocenters. The second kappa shape index (κ2) is 7.39. The van der Waals surface area contributed by atoms with Gasteiger partial charge in [0.1, 0.15) is 0 Å². The molecule has 0 bridgehead atoms. The Morgan fingerprint density at radius 1 is 1.10 bits per heavy atom. The first-order valence-electron chi connectivity index (χ1n) is 7.56. The van der Waals surface area contributed by atoms with Crippen LogP contribution in [0.25, 0.3) is 0 Å². The molecule has 0 N–H and O–H groups in total. The molecule has 20 heavy (non-hydrogen) atoms. The van der Waals surface area contributed by atoms with Gasteiger partial charge in [0.15, 0.2) is 8.32 Å². The summed E-state index contributed by atoms with van der Waals surface area (Å²) in [6, 6.07) is 10.3. The summed E-state index contributed by atoms with van der Waals surface area (Å²) in [7, 11) is -1.70. The van der Waals surface area contributed by atoms with E-state index in [0.717, 1.165) is 6.42 Å². The molecule has 1 aromatic carbocycles. The van der Waals surface area contributed by atoms with Gasteiger partial charge < -0.3 is 9.16 Å². The highest BCUT2D eigenvalue weighted by atomic mass is 28.4. The number of hydrogen-bond donors (Lipinski definition) is 0. The summed E-state index contributed by atoms with van der Waals surface area (Å²) in [5.41, 5.74) is 1.22. The summed E-state index contributed by atoms with van der Waals surface area (Å²) in [4.78, 5) is 0.